The van der Waals surface area contributed by atoms with Gasteiger partial charge in [0.1, 0.15) is 5.75 Å². The van der Waals surface area contributed by atoms with Gasteiger partial charge in [-0.25, -0.2) is 15.8 Å². The minimum absolute atomic E-state index is 0.0523. The predicted octanol–water partition coefficient (Wildman–Crippen LogP) is 7.84. The van der Waals surface area contributed by atoms with Gasteiger partial charge in [-0.05, 0) is 61.4 Å². The second-order valence-corrected chi connectivity index (χ2v) is 19.6. The number of ether oxygens (including phenoxy) is 1. The van der Waals surface area contributed by atoms with Crippen molar-refractivity contribution < 1.29 is 38.5 Å². The number of unbranched alkanes of at least 4 members (excludes halogenated alkanes) is 16. The summed E-state index contributed by atoms with van der Waals surface area (Å²) in [5.41, 5.74) is 18.2. The van der Waals surface area contributed by atoms with Crippen LogP contribution in [0.25, 0.3) is 10.8 Å². The molecule has 396 valence electrons. The van der Waals surface area contributed by atoms with Crippen molar-refractivity contribution in [2.45, 2.75) is 168 Å². The average Bonchev–Trinajstić information content (AvgIpc) is 3.37. The third-order valence-corrected chi connectivity index (χ3v) is 13.9. The van der Waals surface area contributed by atoms with Crippen LogP contribution in [0.1, 0.15) is 209 Å². The van der Waals surface area contributed by atoms with Gasteiger partial charge < -0.3 is 9.64 Å². The number of hydrogen-bond acceptors (Lipinski definition) is 10. The number of methoxy groups -OCH3 is 1. The van der Waals surface area contributed by atoms with Crippen LogP contribution >= 0.6 is 0 Å². The van der Waals surface area contributed by atoms with Crippen LogP contribution < -0.4 is 41.8 Å². The van der Waals surface area contributed by atoms with Crippen LogP contribution in [0, 0.1) is 5.92 Å². The molecule has 3 aromatic rings. The normalized spacial score (nSPS) is 14.1. The number of anilines is 2. The third kappa shape index (κ3) is 15.4. The van der Waals surface area contributed by atoms with Gasteiger partial charge in [-0.1, -0.05) is 142 Å². The summed E-state index contributed by atoms with van der Waals surface area (Å²) in [6, 6.07) is 8.64. The molecule has 2 aliphatic rings. The van der Waals surface area contributed by atoms with Crippen molar-refractivity contribution in [2.75, 3.05) is 37.5 Å². The number of hydrazone groups is 2. The first-order valence-electron chi connectivity index (χ1n) is 26.8. The molecular formula is C56H81N10O7+. The fourth-order valence-corrected chi connectivity index (χ4v) is 9.70. The smallest absolute Gasteiger partial charge is 0.339 e. The van der Waals surface area contributed by atoms with E-state index in [2.05, 4.69) is 39.9 Å². The highest BCUT2D eigenvalue weighted by molar-refractivity contribution is 6.41. The van der Waals surface area contributed by atoms with E-state index in [1.807, 2.05) is 6.92 Å². The van der Waals surface area contributed by atoms with Gasteiger partial charge in [0.2, 0.25) is 5.91 Å². The fraction of sp³-hybridized carbons (Fsp3) is 0.554. The molecule has 0 aromatic heterocycles. The van der Waals surface area contributed by atoms with Gasteiger partial charge >= 0.3 is 5.96 Å². The number of carbonyl (C=O) groups is 6. The fourth-order valence-electron chi connectivity index (χ4n) is 9.70. The lowest BCUT2D eigenvalue weighted by Crippen LogP contribution is -2.86. The Morgan fingerprint density at radius 1 is 0.712 bits per heavy atom. The quantitative estimate of drug-likeness (QED) is 0.0130. The number of benzene rings is 3. The zero-order valence-corrected chi connectivity index (χ0v) is 44.3. The Kier molecular flexibility index (Phi) is 22.9. The molecule has 0 spiro atoms. The Morgan fingerprint density at radius 2 is 1.30 bits per heavy atom. The van der Waals surface area contributed by atoms with E-state index in [1.165, 1.54) is 108 Å². The van der Waals surface area contributed by atoms with Crippen molar-refractivity contribution in [2.24, 2.45) is 27.6 Å². The summed E-state index contributed by atoms with van der Waals surface area (Å²) < 4.78 is 5.75. The molecular weight excluding hydrogens is 925 g/mol. The van der Waals surface area contributed by atoms with Gasteiger partial charge in [0.15, 0.2) is 6.04 Å². The van der Waals surface area contributed by atoms with E-state index in [9.17, 15) is 28.8 Å². The summed E-state index contributed by atoms with van der Waals surface area (Å²) >= 11 is 0. The maximum absolute atomic E-state index is 14.6. The molecule has 17 nitrogen and oxygen atoms in total. The van der Waals surface area contributed by atoms with Crippen molar-refractivity contribution in [3.05, 3.63) is 64.2 Å². The Bertz CT molecular complexity index is 2480. The van der Waals surface area contributed by atoms with E-state index in [0.29, 0.717) is 11.3 Å². The van der Waals surface area contributed by atoms with Crippen LogP contribution in [0.2, 0.25) is 0 Å². The summed E-state index contributed by atoms with van der Waals surface area (Å²) in [5.74, 6) is -3.14. The molecule has 6 amide bonds. The van der Waals surface area contributed by atoms with Crippen molar-refractivity contribution in [3.8, 4) is 5.75 Å². The molecule has 3 aromatic carbocycles. The number of nitrogens with two attached hydrogens (primary N) is 2. The highest BCUT2D eigenvalue weighted by atomic mass is 16.5. The van der Waals surface area contributed by atoms with Gasteiger partial charge in [0.25, 0.3) is 29.5 Å². The van der Waals surface area contributed by atoms with Crippen LogP contribution in [0.5, 0.6) is 5.75 Å². The van der Waals surface area contributed by atoms with Crippen molar-refractivity contribution >= 4 is 76.0 Å². The van der Waals surface area contributed by atoms with Gasteiger partial charge in [-0.15, -0.1) is 0 Å². The molecule has 1 unspecified atom stereocenters. The molecule has 0 saturated carbocycles. The average molecular weight is 1010 g/mol. The van der Waals surface area contributed by atoms with Crippen molar-refractivity contribution in [1.29, 1.82) is 0 Å². The van der Waals surface area contributed by atoms with Crippen LogP contribution in [-0.4, -0.2) is 92.5 Å². The number of hydrogen-bond donors (Lipinski definition) is 5. The predicted molar refractivity (Wildman–Crippen MR) is 290 cm³/mol. The summed E-state index contributed by atoms with van der Waals surface area (Å²) in [6.07, 6.45) is 26.8. The van der Waals surface area contributed by atoms with E-state index in [4.69, 9.17) is 16.2 Å². The Labute approximate surface area is 432 Å². The standard InChI is InChI=1S/C56H80N10O7/c1-7-10-12-13-14-15-16-17-18-19-20-21-22-23-24-25-33-59-63-51(68)43(61-56(57)58)31-32-46(67)62-60-36-39-27-29-40(30-28-39)66-53(70)42-35-45(73-6)50-48-41(34-44(64(4)5)49(47(42)48)55(66)72)52(69)65(54(50)71)37-38(9-3)26-11-8-2/h27-30,33-36,38,43H,7-26,31-32,37H2,1-6H3,(H,62,67)(H,63,68)(H4,57,58,61)/p+1/b59-33-,60-36-/t38?,43-/m0/s1. The number of rotatable bonds is 33. The van der Waals surface area contributed by atoms with Crippen LogP contribution in [0.3, 0.4) is 0 Å². The van der Waals surface area contributed by atoms with E-state index < -0.39 is 41.5 Å². The molecule has 2 heterocycles. The molecule has 0 bridgehead atoms. The molecule has 0 fully saturated rings. The lowest BCUT2D eigenvalue weighted by molar-refractivity contribution is -0.490. The molecule has 73 heavy (non-hydrogen) atoms. The minimum atomic E-state index is -0.917. The number of guanidine groups is 1. The number of amides is 6. The molecule has 5 rings (SSSR count). The van der Waals surface area contributed by atoms with Crippen molar-refractivity contribution in [3.63, 3.8) is 0 Å². The van der Waals surface area contributed by atoms with Crippen LogP contribution in [0.4, 0.5) is 11.4 Å². The highest BCUT2D eigenvalue weighted by Crippen LogP contribution is 2.46. The number of nitrogens with one attached hydrogen (secondary N) is 3. The lowest BCUT2D eigenvalue weighted by Gasteiger charge is -2.35. The summed E-state index contributed by atoms with van der Waals surface area (Å²) in [5, 5.41) is 8.62. The Hall–Kier alpha value is -6.65. The topological polar surface area (TPSA) is 236 Å². The van der Waals surface area contributed by atoms with E-state index in [1.54, 1.807) is 55.5 Å². The Balaban J connectivity index is 1.13. The highest BCUT2D eigenvalue weighted by Gasteiger charge is 2.44. The largest absolute Gasteiger partial charge is 0.496 e. The maximum atomic E-state index is 14.6. The number of nitrogens with zero attached hydrogens (tertiary/aromatic N) is 5. The SMILES string of the molecule is CCCCCCCCCCCCCCCCC/C=N\NC(=O)[C@H](CCC(=O)N/N=C\c1ccc(N2C(=O)c3cc(OC)c4c5c(cc(N(C)C)c(c35)C2=O)C(=O)N(CC(CC)CCCC)C4=O)cc1)[NH+]=C(N)N. The summed E-state index contributed by atoms with van der Waals surface area (Å²) in [4.78, 5) is 90.1. The second-order valence-electron chi connectivity index (χ2n) is 19.6. The first-order chi connectivity index (χ1) is 35.3. The molecule has 0 aliphatic carbocycles. The first kappa shape index (κ1) is 57.3. The first-order valence-corrected chi connectivity index (χ1v) is 26.8. The molecule has 2 aliphatic heterocycles. The van der Waals surface area contributed by atoms with E-state index in [-0.39, 0.29) is 75.7 Å². The van der Waals surface area contributed by atoms with Crippen LogP contribution in [-0.2, 0) is 9.59 Å². The summed E-state index contributed by atoms with van der Waals surface area (Å²) in [6.45, 7) is 6.66. The molecule has 0 radical (unpaired) electrons. The molecule has 7 N–H and O–H groups in total. The third-order valence-electron chi connectivity index (χ3n) is 13.9. The van der Waals surface area contributed by atoms with Crippen LogP contribution in [0.15, 0.2) is 46.6 Å². The zero-order valence-electron chi connectivity index (χ0n) is 44.3. The number of imide groups is 2. The minimum Gasteiger partial charge on any atom is -0.496 e. The van der Waals surface area contributed by atoms with E-state index in [0.717, 1.165) is 49.8 Å². The summed E-state index contributed by atoms with van der Waals surface area (Å²) in [7, 11) is 4.91. The van der Waals surface area contributed by atoms with Gasteiger partial charge in [-0.2, -0.15) is 10.2 Å². The second kappa shape index (κ2) is 29.2. The lowest BCUT2D eigenvalue weighted by atomic mass is 9.83. The molecule has 0 saturated heterocycles. The monoisotopic (exact) mass is 1010 g/mol. The van der Waals surface area contributed by atoms with E-state index >= 15 is 0 Å². The van der Waals surface area contributed by atoms with Crippen molar-refractivity contribution in [1.82, 2.24) is 15.8 Å². The van der Waals surface area contributed by atoms with Gasteiger partial charge in [-0.3, -0.25) is 50.1 Å². The Morgan fingerprint density at radius 3 is 1.88 bits per heavy atom. The van der Waals surface area contributed by atoms with Gasteiger partial charge in [0, 0.05) is 44.0 Å². The zero-order chi connectivity index (χ0) is 52.9. The molecule has 2 atom stereocenters. The van der Waals surface area contributed by atoms with Gasteiger partial charge in [0.05, 0.1) is 47.0 Å². The maximum Gasteiger partial charge on any atom is 0.339 e. The molecule has 17 heteroatoms. The number of carbonyl (C=O) groups excluding carboxylic acids is 6.